The first-order chi connectivity index (χ1) is 9.30. The zero-order valence-electron chi connectivity index (χ0n) is 12.0. The van der Waals surface area contributed by atoms with E-state index in [1.165, 1.54) is 15.6 Å². The normalized spacial score (nSPS) is 14.7. The van der Waals surface area contributed by atoms with Crippen LogP contribution in [0.3, 0.4) is 0 Å². The topological polar surface area (TPSA) is 21.3 Å². The van der Waals surface area contributed by atoms with Gasteiger partial charge in [-0.3, -0.25) is 0 Å². The first kappa shape index (κ1) is 14.5. The van der Waals surface area contributed by atoms with Crippen LogP contribution in [0.4, 0.5) is 0 Å². The molecule has 1 aromatic carbocycles. The highest BCUT2D eigenvalue weighted by atomic mass is 32.1. The van der Waals surface area contributed by atoms with Crippen molar-refractivity contribution in [3.8, 4) is 0 Å². The summed E-state index contributed by atoms with van der Waals surface area (Å²) in [7, 11) is 3.84. The Morgan fingerprint density at radius 2 is 2.11 bits per heavy atom. The minimum absolute atomic E-state index is 0.286. The van der Waals surface area contributed by atoms with E-state index in [4.69, 9.17) is 4.74 Å². The van der Waals surface area contributed by atoms with E-state index in [1.54, 1.807) is 0 Å². The van der Waals surface area contributed by atoms with E-state index < -0.39 is 0 Å². The minimum atomic E-state index is 0.286. The van der Waals surface area contributed by atoms with Crippen molar-refractivity contribution in [2.75, 3.05) is 14.2 Å². The first-order valence-electron chi connectivity index (χ1n) is 6.95. The summed E-state index contributed by atoms with van der Waals surface area (Å²) < 4.78 is 7.02. The molecule has 3 heteroatoms. The molecule has 2 aromatic rings. The SMILES string of the molecule is CCCC(OC)C(Cc1csc2ccccc12)NC. The van der Waals surface area contributed by atoms with Gasteiger partial charge in [0.25, 0.3) is 0 Å². The molecule has 1 heterocycles. The quantitative estimate of drug-likeness (QED) is 0.830. The van der Waals surface area contributed by atoms with Gasteiger partial charge in [0.2, 0.25) is 0 Å². The number of rotatable bonds is 7. The predicted octanol–water partition coefficient (Wildman–Crippen LogP) is 3.85. The molecule has 0 radical (unpaired) electrons. The number of thiophene rings is 1. The highest BCUT2D eigenvalue weighted by Gasteiger charge is 2.20. The van der Waals surface area contributed by atoms with E-state index >= 15 is 0 Å². The number of benzene rings is 1. The third-order valence-electron chi connectivity index (χ3n) is 3.70. The molecule has 1 N–H and O–H groups in total. The van der Waals surface area contributed by atoms with Gasteiger partial charge in [0.15, 0.2) is 0 Å². The molecule has 2 atom stereocenters. The van der Waals surface area contributed by atoms with Gasteiger partial charge < -0.3 is 10.1 Å². The Balaban J connectivity index is 2.17. The van der Waals surface area contributed by atoms with Crippen molar-refractivity contribution >= 4 is 21.4 Å². The Hall–Kier alpha value is -0.900. The Morgan fingerprint density at radius 1 is 1.32 bits per heavy atom. The highest BCUT2D eigenvalue weighted by Crippen LogP contribution is 2.27. The van der Waals surface area contributed by atoms with Crippen LogP contribution < -0.4 is 5.32 Å². The van der Waals surface area contributed by atoms with Crippen LogP contribution >= 0.6 is 11.3 Å². The van der Waals surface area contributed by atoms with Gasteiger partial charge >= 0.3 is 0 Å². The average molecular weight is 277 g/mol. The number of likely N-dealkylation sites (N-methyl/N-ethyl adjacent to an activating group) is 1. The zero-order chi connectivity index (χ0) is 13.7. The number of methoxy groups -OCH3 is 1. The first-order valence-corrected chi connectivity index (χ1v) is 7.83. The van der Waals surface area contributed by atoms with Crippen molar-refractivity contribution < 1.29 is 4.74 Å². The summed E-state index contributed by atoms with van der Waals surface area (Å²) in [6.07, 6.45) is 3.57. The molecule has 2 unspecified atom stereocenters. The fraction of sp³-hybridized carbons (Fsp3) is 0.500. The van der Waals surface area contributed by atoms with Crippen molar-refractivity contribution in [3.05, 3.63) is 35.2 Å². The summed E-state index contributed by atoms with van der Waals surface area (Å²) in [5.74, 6) is 0. The van der Waals surface area contributed by atoms with Crippen molar-refractivity contribution in [3.63, 3.8) is 0 Å². The second-order valence-corrected chi connectivity index (χ2v) is 5.83. The van der Waals surface area contributed by atoms with Gasteiger partial charge in [-0.15, -0.1) is 11.3 Å². The molecule has 0 aliphatic carbocycles. The molecular weight excluding hydrogens is 254 g/mol. The maximum atomic E-state index is 5.65. The summed E-state index contributed by atoms with van der Waals surface area (Å²) in [6, 6.07) is 9.01. The van der Waals surface area contributed by atoms with Gasteiger partial charge in [-0.2, -0.15) is 0 Å². The van der Waals surface area contributed by atoms with E-state index in [9.17, 15) is 0 Å². The van der Waals surface area contributed by atoms with Crippen LogP contribution in [0.15, 0.2) is 29.6 Å². The number of fused-ring (bicyclic) bond motifs is 1. The van der Waals surface area contributed by atoms with Crippen LogP contribution in [0.5, 0.6) is 0 Å². The summed E-state index contributed by atoms with van der Waals surface area (Å²) >= 11 is 1.83. The van der Waals surface area contributed by atoms with Crippen molar-refractivity contribution in [1.82, 2.24) is 5.32 Å². The van der Waals surface area contributed by atoms with Crippen LogP contribution in [0.2, 0.25) is 0 Å². The molecule has 0 fully saturated rings. The summed E-state index contributed by atoms with van der Waals surface area (Å²) in [5.41, 5.74) is 1.43. The lowest BCUT2D eigenvalue weighted by molar-refractivity contribution is 0.0634. The lowest BCUT2D eigenvalue weighted by Gasteiger charge is -2.25. The van der Waals surface area contributed by atoms with E-state index in [-0.39, 0.29) is 6.10 Å². The second kappa shape index (κ2) is 7.04. The minimum Gasteiger partial charge on any atom is -0.380 e. The molecule has 0 saturated carbocycles. The average Bonchev–Trinajstić information content (AvgIpc) is 2.86. The Bertz CT molecular complexity index is 508. The predicted molar refractivity (Wildman–Crippen MR) is 84.1 cm³/mol. The van der Waals surface area contributed by atoms with Crippen molar-refractivity contribution in [2.24, 2.45) is 0 Å². The molecule has 0 aliphatic heterocycles. The van der Waals surface area contributed by atoms with Crippen molar-refractivity contribution in [1.29, 1.82) is 0 Å². The second-order valence-electron chi connectivity index (χ2n) is 4.92. The summed E-state index contributed by atoms with van der Waals surface area (Å²) in [5, 5.41) is 7.09. The van der Waals surface area contributed by atoms with Crippen molar-refractivity contribution in [2.45, 2.75) is 38.3 Å². The van der Waals surface area contributed by atoms with E-state index in [0.29, 0.717) is 6.04 Å². The van der Waals surface area contributed by atoms with Crippen LogP contribution in [-0.2, 0) is 11.2 Å². The van der Waals surface area contributed by atoms with Gasteiger partial charge in [0.1, 0.15) is 0 Å². The highest BCUT2D eigenvalue weighted by molar-refractivity contribution is 7.17. The van der Waals surface area contributed by atoms with E-state index in [0.717, 1.165) is 19.3 Å². The Labute approximate surface area is 119 Å². The number of hydrogen-bond donors (Lipinski definition) is 1. The fourth-order valence-electron chi connectivity index (χ4n) is 2.62. The summed E-state index contributed by atoms with van der Waals surface area (Å²) in [6.45, 7) is 2.21. The maximum Gasteiger partial charge on any atom is 0.0727 e. The zero-order valence-corrected chi connectivity index (χ0v) is 12.8. The number of hydrogen-bond acceptors (Lipinski definition) is 3. The molecule has 1 aromatic heterocycles. The van der Waals surface area contributed by atoms with Gasteiger partial charge in [-0.25, -0.2) is 0 Å². The Kier molecular flexibility index (Phi) is 5.37. The van der Waals surface area contributed by atoms with Gasteiger partial charge in [0, 0.05) is 17.9 Å². The molecule has 0 spiro atoms. The van der Waals surface area contributed by atoms with Crippen LogP contribution in [0.1, 0.15) is 25.3 Å². The third-order valence-corrected chi connectivity index (χ3v) is 4.71. The van der Waals surface area contributed by atoms with Crippen LogP contribution in [0.25, 0.3) is 10.1 Å². The molecule has 2 nitrogen and oxygen atoms in total. The lowest BCUT2D eigenvalue weighted by Crippen LogP contribution is -2.40. The van der Waals surface area contributed by atoms with Crippen LogP contribution in [-0.4, -0.2) is 26.3 Å². The van der Waals surface area contributed by atoms with Gasteiger partial charge in [-0.1, -0.05) is 31.5 Å². The largest absolute Gasteiger partial charge is 0.380 e. The Morgan fingerprint density at radius 3 is 2.79 bits per heavy atom. The molecule has 0 saturated heterocycles. The monoisotopic (exact) mass is 277 g/mol. The molecule has 0 amide bonds. The maximum absolute atomic E-state index is 5.65. The third kappa shape index (κ3) is 3.35. The van der Waals surface area contributed by atoms with Gasteiger partial charge in [-0.05, 0) is 42.3 Å². The van der Waals surface area contributed by atoms with Gasteiger partial charge in [0.05, 0.1) is 6.10 Å². The summed E-state index contributed by atoms with van der Waals surface area (Å²) in [4.78, 5) is 0. The number of nitrogens with one attached hydrogen (secondary N) is 1. The molecule has 2 rings (SSSR count). The standard InChI is InChI=1S/C16H23NOS/c1-4-7-15(18-3)14(17-2)10-12-11-19-16-9-6-5-8-13(12)16/h5-6,8-9,11,14-15,17H,4,7,10H2,1-3H3. The molecule has 0 bridgehead atoms. The van der Waals surface area contributed by atoms with Crippen LogP contribution in [0, 0.1) is 0 Å². The molecule has 19 heavy (non-hydrogen) atoms. The van der Waals surface area contributed by atoms with E-state index in [2.05, 4.69) is 41.9 Å². The number of ether oxygens (including phenoxy) is 1. The lowest BCUT2D eigenvalue weighted by atomic mass is 9.98. The molecule has 0 aliphatic rings. The molecule has 104 valence electrons. The smallest absolute Gasteiger partial charge is 0.0727 e. The van der Waals surface area contributed by atoms with E-state index in [1.807, 2.05) is 25.5 Å². The fourth-order valence-corrected chi connectivity index (χ4v) is 3.59. The molecular formula is C16H23NOS.